The highest BCUT2D eigenvalue weighted by Crippen LogP contribution is 2.26. The van der Waals surface area contributed by atoms with Crippen LogP contribution in [0.5, 0.6) is 5.75 Å². The van der Waals surface area contributed by atoms with Crippen LogP contribution in [-0.2, 0) is 0 Å². The van der Waals surface area contributed by atoms with Crippen LogP contribution in [-0.4, -0.2) is 48.7 Å². The summed E-state index contributed by atoms with van der Waals surface area (Å²) >= 11 is 1.49. The fourth-order valence-corrected chi connectivity index (χ4v) is 3.23. The van der Waals surface area contributed by atoms with Crippen LogP contribution in [0.3, 0.4) is 0 Å². The van der Waals surface area contributed by atoms with Gasteiger partial charge in [-0.05, 0) is 24.3 Å². The van der Waals surface area contributed by atoms with Gasteiger partial charge in [-0.3, -0.25) is 14.7 Å². The molecule has 0 atom stereocenters. The van der Waals surface area contributed by atoms with Gasteiger partial charge in [0.2, 0.25) is 11.1 Å². The molecule has 8 heteroatoms. The first kappa shape index (κ1) is 17.3. The van der Waals surface area contributed by atoms with E-state index in [4.69, 9.17) is 4.74 Å². The third-order valence-electron chi connectivity index (χ3n) is 3.78. The highest BCUT2D eigenvalue weighted by molar-refractivity contribution is 7.15. The fraction of sp³-hybridized carbons (Fsp3) is 0.412. The third kappa shape index (κ3) is 3.96. The minimum atomic E-state index is -0.0136. The highest BCUT2D eigenvalue weighted by atomic mass is 32.1. The SMILES string of the molecule is COc1ccc(C(=O)CN(C2=NCCN2)c2nnc(C(C)C)s2)cc1. The number of nitrogens with one attached hydrogen (secondary N) is 1. The number of ketones is 1. The highest BCUT2D eigenvalue weighted by Gasteiger charge is 2.24. The van der Waals surface area contributed by atoms with E-state index in [2.05, 4.69) is 34.4 Å². The van der Waals surface area contributed by atoms with E-state index in [-0.39, 0.29) is 12.3 Å². The lowest BCUT2D eigenvalue weighted by Crippen LogP contribution is -2.42. The lowest BCUT2D eigenvalue weighted by atomic mass is 10.1. The third-order valence-corrected chi connectivity index (χ3v) is 5.03. The number of nitrogens with zero attached hydrogens (tertiary/aromatic N) is 4. The van der Waals surface area contributed by atoms with E-state index >= 15 is 0 Å². The van der Waals surface area contributed by atoms with E-state index in [1.54, 1.807) is 31.4 Å². The molecule has 0 fully saturated rings. The molecule has 0 unspecified atom stereocenters. The molecule has 7 nitrogen and oxygen atoms in total. The van der Waals surface area contributed by atoms with Gasteiger partial charge >= 0.3 is 0 Å². The predicted octanol–water partition coefficient (Wildman–Crippen LogP) is 2.32. The van der Waals surface area contributed by atoms with E-state index in [9.17, 15) is 4.79 Å². The first-order valence-electron chi connectivity index (χ1n) is 8.15. The predicted molar refractivity (Wildman–Crippen MR) is 99.0 cm³/mol. The first-order valence-corrected chi connectivity index (χ1v) is 8.96. The zero-order valence-electron chi connectivity index (χ0n) is 14.5. The van der Waals surface area contributed by atoms with E-state index in [0.717, 1.165) is 17.3 Å². The van der Waals surface area contributed by atoms with Gasteiger partial charge in [0.1, 0.15) is 10.8 Å². The van der Waals surface area contributed by atoms with E-state index in [1.165, 1.54) is 11.3 Å². The van der Waals surface area contributed by atoms with Crippen LogP contribution in [0.4, 0.5) is 5.13 Å². The molecule has 0 spiro atoms. The number of anilines is 1. The van der Waals surface area contributed by atoms with Gasteiger partial charge in [0, 0.05) is 18.0 Å². The standard InChI is InChI=1S/C17H21N5O2S/c1-11(2)15-20-21-17(25-15)22(16-18-8-9-19-16)10-14(23)12-4-6-13(24-3)7-5-12/h4-7,11H,8-10H2,1-3H3,(H,18,19). The van der Waals surface area contributed by atoms with E-state index in [0.29, 0.717) is 29.1 Å². The quantitative estimate of drug-likeness (QED) is 0.798. The van der Waals surface area contributed by atoms with E-state index in [1.807, 2.05) is 4.90 Å². The average molecular weight is 359 g/mol. The summed E-state index contributed by atoms with van der Waals surface area (Å²) in [6.07, 6.45) is 0. The number of carbonyl (C=O) groups excluding carboxylic acids is 1. The summed E-state index contributed by atoms with van der Waals surface area (Å²) in [5.74, 6) is 1.68. The number of guanidine groups is 1. The summed E-state index contributed by atoms with van der Waals surface area (Å²) in [6, 6.07) is 7.10. The Morgan fingerprint density at radius 1 is 1.32 bits per heavy atom. The van der Waals surface area contributed by atoms with Crippen molar-refractivity contribution in [3.63, 3.8) is 0 Å². The molecular formula is C17H21N5O2S. The molecule has 2 aromatic rings. The second-order valence-electron chi connectivity index (χ2n) is 5.95. The smallest absolute Gasteiger partial charge is 0.215 e. The van der Waals surface area contributed by atoms with Crippen molar-refractivity contribution in [3.8, 4) is 5.75 Å². The maximum Gasteiger partial charge on any atom is 0.215 e. The molecule has 2 heterocycles. The minimum absolute atomic E-state index is 0.0136. The molecule has 0 bridgehead atoms. The molecular weight excluding hydrogens is 338 g/mol. The van der Waals surface area contributed by atoms with Crippen molar-refractivity contribution in [2.24, 2.45) is 4.99 Å². The van der Waals surface area contributed by atoms with Crippen LogP contribution in [0.15, 0.2) is 29.3 Å². The van der Waals surface area contributed by atoms with Gasteiger partial charge in [-0.1, -0.05) is 25.2 Å². The number of benzene rings is 1. The number of rotatable bonds is 6. The van der Waals surface area contributed by atoms with Crippen LogP contribution < -0.4 is 15.0 Å². The van der Waals surface area contributed by atoms with Crippen LogP contribution in [0, 0.1) is 0 Å². The number of hydrogen-bond acceptors (Lipinski definition) is 8. The Kier molecular flexibility index (Phi) is 5.28. The summed E-state index contributed by atoms with van der Waals surface area (Å²) in [7, 11) is 1.60. The molecule has 25 heavy (non-hydrogen) atoms. The second-order valence-corrected chi connectivity index (χ2v) is 6.94. The van der Waals surface area contributed by atoms with Gasteiger partial charge in [-0.25, -0.2) is 0 Å². The normalized spacial score (nSPS) is 13.5. The Morgan fingerprint density at radius 2 is 2.08 bits per heavy atom. The minimum Gasteiger partial charge on any atom is -0.497 e. The zero-order chi connectivity index (χ0) is 17.8. The molecule has 1 aliphatic heterocycles. The lowest BCUT2D eigenvalue weighted by Gasteiger charge is -2.20. The summed E-state index contributed by atoms with van der Waals surface area (Å²) in [5, 5.41) is 13.3. The van der Waals surface area contributed by atoms with Crippen LogP contribution in [0.2, 0.25) is 0 Å². The van der Waals surface area contributed by atoms with Crippen molar-refractivity contribution in [2.75, 3.05) is 31.6 Å². The van der Waals surface area contributed by atoms with Gasteiger partial charge in [-0.2, -0.15) is 0 Å². The maximum absolute atomic E-state index is 12.7. The van der Waals surface area contributed by atoms with Gasteiger partial charge in [0.15, 0.2) is 5.78 Å². The van der Waals surface area contributed by atoms with Crippen molar-refractivity contribution >= 4 is 28.2 Å². The second kappa shape index (κ2) is 7.60. The number of methoxy groups -OCH3 is 1. The van der Waals surface area contributed by atoms with Crippen LogP contribution in [0.25, 0.3) is 0 Å². The van der Waals surface area contributed by atoms with Crippen LogP contribution >= 0.6 is 11.3 Å². The zero-order valence-corrected chi connectivity index (χ0v) is 15.3. The summed E-state index contributed by atoms with van der Waals surface area (Å²) in [4.78, 5) is 19.0. The van der Waals surface area contributed by atoms with Crippen molar-refractivity contribution < 1.29 is 9.53 Å². The van der Waals surface area contributed by atoms with E-state index < -0.39 is 0 Å². The molecule has 1 aromatic heterocycles. The first-order chi connectivity index (χ1) is 12.1. The molecule has 1 N–H and O–H groups in total. The number of aliphatic imine (C=N–C) groups is 1. The molecule has 132 valence electrons. The summed E-state index contributed by atoms with van der Waals surface area (Å²) in [5.41, 5.74) is 0.623. The fourth-order valence-electron chi connectivity index (χ4n) is 2.38. The number of ether oxygens (including phenoxy) is 1. The Labute approximate surface area is 150 Å². The molecule has 0 radical (unpaired) electrons. The van der Waals surface area contributed by atoms with Gasteiger partial charge in [0.05, 0.1) is 20.2 Å². The Morgan fingerprint density at radius 3 is 2.64 bits per heavy atom. The molecule has 0 saturated carbocycles. The van der Waals surface area contributed by atoms with Gasteiger partial charge in [0.25, 0.3) is 0 Å². The lowest BCUT2D eigenvalue weighted by molar-refractivity contribution is 0.100. The van der Waals surface area contributed by atoms with Gasteiger partial charge < -0.3 is 10.1 Å². The number of carbonyl (C=O) groups is 1. The maximum atomic E-state index is 12.7. The number of Topliss-reactive ketones (excluding diaryl/α,β-unsaturated/α-hetero) is 1. The van der Waals surface area contributed by atoms with Crippen molar-refractivity contribution in [1.82, 2.24) is 15.5 Å². The molecule has 1 aromatic carbocycles. The van der Waals surface area contributed by atoms with Crippen molar-refractivity contribution in [2.45, 2.75) is 19.8 Å². The molecule has 0 saturated heterocycles. The Hall–Kier alpha value is -2.48. The molecule has 0 amide bonds. The Balaban J connectivity index is 1.82. The average Bonchev–Trinajstić information content (AvgIpc) is 3.31. The molecule has 3 rings (SSSR count). The molecule has 1 aliphatic rings. The van der Waals surface area contributed by atoms with Gasteiger partial charge in [-0.15, -0.1) is 10.2 Å². The summed E-state index contributed by atoms with van der Waals surface area (Å²) < 4.78 is 5.14. The molecule has 0 aliphatic carbocycles. The topological polar surface area (TPSA) is 79.7 Å². The number of aromatic nitrogens is 2. The van der Waals surface area contributed by atoms with Crippen LogP contribution in [0.1, 0.15) is 35.1 Å². The Bertz CT molecular complexity index is 770. The van der Waals surface area contributed by atoms with Crippen molar-refractivity contribution in [1.29, 1.82) is 0 Å². The monoisotopic (exact) mass is 359 g/mol. The largest absolute Gasteiger partial charge is 0.497 e. The van der Waals surface area contributed by atoms with Crippen molar-refractivity contribution in [3.05, 3.63) is 34.8 Å². The number of hydrogen-bond donors (Lipinski definition) is 1. The summed E-state index contributed by atoms with van der Waals surface area (Å²) in [6.45, 7) is 5.76.